The van der Waals surface area contributed by atoms with Crippen molar-refractivity contribution in [2.45, 2.75) is 10.8 Å². The largest absolute Gasteiger partial charge is 0.311 e. The van der Waals surface area contributed by atoms with E-state index in [0.29, 0.717) is 0 Å². The first-order chi connectivity index (χ1) is 48.2. The summed E-state index contributed by atoms with van der Waals surface area (Å²) in [4.78, 5) is 7.92. The first-order valence-electron chi connectivity index (χ1n) is 34.0. The molecule has 0 unspecified atom stereocenters. The molecule has 6 aliphatic rings. The Hall–Kier alpha value is -12.4. The van der Waals surface area contributed by atoms with Crippen molar-refractivity contribution >= 4 is 96.1 Å². The molecule has 0 saturated heterocycles. The molecule has 0 amide bonds. The van der Waals surface area contributed by atoms with Crippen molar-refractivity contribution in [3.63, 3.8) is 0 Å². The number of fused-ring (bicyclic) bond motifs is 29. The summed E-state index contributed by atoms with van der Waals surface area (Å²) >= 11 is 0. The van der Waals surface area contributed by atoms with Crippen LogP contribution >= 0.6 is 0 Å². The first-order valence-corrected chi connectivity index (χ1v) is 34.0. The van der Waals surface area contributed by atoms with Gasteiger partial charge in [0.2, 0.25) is 0 Å². The molecule has 4 nitrogen and oxygen atoms in total. The first kappa shape index (κ1) is 53.0. The molecular weight excluding hydrogens is 1170 g/mol. The quantitative estimate of drug-likeness (QED) is 0.154. The zero-order valence-corrected chi connectivity index (χ0v) is 52.8. The van der Waals surface area contributed by atoms with Crippen molar-refractivity contribution < 1.29 is 0 Å². The van der Waals surface area contributed by atoms with Crippen LogP contribution in [0.25, 0.3) is 72.0 Å². The van der Waals surface area contributed by atoms with Gasteiger partial charge in [-0.3, -0.25) is 0 Å². The van der Waals surface area contributed by atoms with E-state index in [-0.39, 0.29) is 6.71 Å². The zero-order valence-electron chi connectivity index (χ0n) is 52.8. The van der Waals surface area contributed by atoms with Gasteiger partial charge in [0.15, 0.2) is 0 Å². The Morgan fingerprint density at radius 2 is 0.649 bits per heavy atom. The highest BCUT2D eigenvalue weighted by Crippen LogP contribution is 2.68. The van der Waals surface area contributed by atoms with Crippen LogP contribution in [0.15, 0.2) is 346 Å². The third kappa shape index (κ3) is 6.68. The Balaban J connectivity index is 0.914. The maximum absolute atomic E-state index is 2.68. The van der Waals surface area contributed by atoms with Gasteiger partial charge in [0.05, 0.1) is 33.2 Å². The maximum atomic E-state index is 2.68. The molecule has 0 N–H and O–H groups in total. The number of hydrogen-bond donors (Lipinski definition) is 0. The fourth-order valence-corrected chi connectivity index (χ4v) is 19.2. The summed E-state index contributed by atoms with van der Waals surface area (Å²) < 4.78 is 2.44. The van der Waals surface area contributed by atoms with Crippen LogP contribution in [-0.2, 0) is 10.8 Å². The van der Waals surface area contributed by atoms with Gasteiger partial charge in [-0.1, -0.05) is 267 Å². The van der Waals surface area contributed by atoms with Crippen molar-refractivity contribution in [3.05, 3.63) is 390 Å². The molecule has 0 saturated carbocycles. The molecule has 4 aliphatic carbocycles. The summed E-state index contributed by atoms with van der Waals surface area (Å²) in [5.41, 5.74) is 37.0. The summed E-state index contributed by atoms with van der Waals surface area (Å²) in [6, 6.07) is 131. The Kier molecular flexibility index (Phi) is 10.7. The van der Waals surface area contributed by atoms with Gasteiger partial charge in [-0.05, 0) is 173 Å². The van der Waals surface area contributed by atoms with Crippen LogP contribution in [0, 0.1) is 0 Å². The van der Waals surface area contributed by atoms with E-state index in [1.807, 2.05) is 0 Å². The van der Waals surface area contributed by atoms with Crippen LogP contribution in [0.4, 0.5) is 51.2 Å². The molecule has 0 atom stereocenters. The monoisotopic (exact) mass is 1230 g/mol. The second-order valence-electron chi connectivity index (χ2n) is 26.8. The van der Waals surface area contributed by atoms with E-state index in [4.69, 9.17) is 0 Å². The standard InChI is InChI=1S/C92H57BN4/c1-5-28-58(29-6-1)94(81-50-27-51-82-87(81)69-42-19-26-49-80(69)95(82)59-30-7-2-8-31-59)62-56-83-88-84(57-62)97(61-34-11-4-12-35-61)90-79(55-53-77-86(90)68-41-18-25-48-75(68)92(77)72-45-22-15-38-65(72)66-39-16-23-46-73(66)92)93(88)78-54-52-76-85(89(78)96(83)60-32-9-3-10-33-60)67-40-17-24-47-74(67)91(76)70-43-20-13-36-63(70)64-37-14-21-44-71(64)91/h1-57H. The second kappa shape index (κ2) is 19.6. The van der Waals surface area contributed by atoms with Crippen LogP contribution in [0.3, 0.4) is 0 Å². The summed E-state index contributed by atoms with van der Waals surface area (Å²) in [5.74, 6) is 0. The lowest BCUT2D eigenvalue weighted by atomic mass is 9.33. The average Bonchev–Trinajstić information content (AvgIpc) is 1.55. The molecule has 97 heavy (non-hydrogen) atoms. The molecule has 0 fully saturated rings. The number of benzene rings is 15. The van der Waals surface area contributed by atoms with Gasteiger partial charge in [-0.15, -0.1) is 0 Å². The van der Waals surface area contributed by atoms with Crippen LogP contribution in [0.1, 0.15) is 44.5 Å². The second-order valence-corrected chi connectivity index (χ2v) is 26.8. The topological polar surface area (TPSA) is 14.7 Å². The SMILES string of the molecule is c1ccc(N2c3cc(N(c4ccccc4)c4cccc5c4c4ccccc4n5-c4ccccc4)cc4c3B(c3ccc5c(c32)-c2ccccc2C52c3ccccc3-c3ccccc32)c2ccc3c(c2N4c2ccccc2)-c2ccccc2C32c3ccccc3-c3ccccc32)cc1. The van der Waals surface area contributed by atoms with Crippen LogP contribution in [-0.4, -0.2) is 11.3 Å². The zero-order chi connectivity index (χ0) is 63.2. The minimum Gasteiger partial charge on any atom is -0.311 e. The van der Waals surface area contributed by atoms with Crippen molar-refractivity contribution in [2.75, 3.05) is 14.7 Å². The van der Waals surface area contributed by atoms with Gasteiger partial charge < -0.3 is 19.3 Å². The van der Waals surface area contributed by atoms with Crippen LogP contribution in [0.5, 0.6) is 0 Å². The van der Waals surface area contributed by atoms with Gasteiger partial charge >= 0.3 is 0 Å². The van der Waals surface area contributed by atoms with E-state index in [1.54, 1.807) is 0 Å². The van der Waals surface area contributed by atoms with Gasteiger partial charge in [0, 0.05) is 67.4 Å². The van der Waals surface area contributed by atoms with Crippen LogP contribution in [0.2, 0.25) is 0 Å². The number of para-hydroxylation sites is 5. The van der Waals surface area contributed by atoms with Crippen molar-refractivity contribution in [1.82, 2.24) is 4.57 Å². The molecule has 2 spiro atoms. The summed E-state index contributed by atoms with van der Waals surface area (Å²) in [6.07, 6.45) is 0. The highest BCUT2D eigenvalue weighted by Gasteiger charge is 2.57. The normalized spacial score (nSPS) is 14.3. The van der Waals surface area contributed by atoms with Crippen LogP contribution < -0.4 is 31.1 Å². The predicted molar refractivity (Wildman–Crippen MR) is 402 cm³/mol. The third-order valence-electron chi connectivity index (χ3n) is 22.5. The van der Waals surface area contributed by atoms with Crippen molar-refractivity contribution in [1.29, 1.82) is 0 Å². The Bertz CT molecular complexity index is 5700. The maximum Gasteiger partial charge on any atom is 0.252 e. The third-order valence-corrected chi connectivity index (χ3v) is 22.5. The number of nitrogens with zero attached hydrogens (tertiary/aromatic N) is 4. The molecule has 5 heteroatoms. The van der Waals surface area contributed by atoms with E-state index >= 15 is 0 Å². The molecule has 2 aliphatic heterocycles. The molecule has 0 bridgehead atoms. The molecular formula is C92H57BN4. The van der Waals surface area contributed by atoms with Gasteiger partial charge in [0.25, 0.3) is 6.71 Å². The average molecular weight is 1230 g/mol. The highest BCUT2D eigenvalue weighted by molar-refractivity contribution is 7.00. The minimum absolute atomic E-state index is 0.226. The van der Waals surface area contributed by atoms with Crippen molar-refractivity contribution in [2.24, 2.45) is 0 Å². The fourth-order valence-electron chi connectivity index (χ4n) is 19.2. The van der Waals surface area contributed by atoms with E-state index in [2.05, 4.69) is 365 Å². The highest BCUT2D eigenvalue weighted by atomic mass is 15.2. The lowest BCUT2D eigenvalue weighted by Gasteiger charge is -2.46. The molecule has 448 valence electrons. The van der Waals surface area contributed by atoms with Gasteiger partial charge in [0.1, 0.15) is 0 Å². The molecule has 16 aromatic rings. The summed E-state index contributed by atoms with van der Waals surface area (Å²) in [7, 11) is 0. The number of aromatic nitrogens is 1. The van der Waals surface area contributed by atoms with Crippen molar-refractivity contribution in [3.8, 4) is 50.2 Å². The van der Waals surface area contributed by atoms with E-state index in [9.17, 15) is 0 Å². The summed E-state index contributed by atoms with van der Waals surface area (Å²) in [6.45, 7) is -0.226. The van der Waals surface area contributed by atoms with E-state index < -0.39 is 10.8 Å². The smallest absolute Gasteiger partial charge is 0.252 e. The Labute approximate surface area is 563 Å². The van der Waals surface area contributed by atoms with E-state index in [0.717, 1.165) is 56.5 Å². The number of anilines is 9. The Morgan fingerprint density at radius 1 is 0.278 bits per heavy atom. The fraction of sp³-hybridized carbons (Fsp3) is 0.0217. The molecule has 15 aromatic carbocycles. The number of hydrogen-bond acceptors (Lipinski definition) is 3. The van der Waals surface area contributed by atoms with Gasteiger partial charge in [-0.2, -0.15) is 0 Å². The number of rotatable bonds is 6. The van der Waals surface area contributed by atoms with E-state index in [1.165, 1.54) is 128 Å². The minimum atomic E-state index is -0.577. The lowest BCUT2D eigenvalue weighted by Crippen LogP contribution is -2.61. The van der Waals surface area contributed by atoms with Gasteiger partial charge in [-0.25, -0.2) is 0 Å². The lowest BCUT2D eigenvalue weighted by molar-refractivity contribution is 0.794. The summed E-state index contributed by atoms with van der Waals surface area (Å²) in [5, 5.41) is 2.37. The molecule has 0 radical (unpaired) electrons. The Morgan fingerprint density at radius 3 is 1.11 bits per heavy atom. The molecule has 22 rings (SSSR count). The predicted octanol–water partition coefficient (Wildman–Crippen LogP) is 21.0. The molecule has 1 aromatic heterocycles. The molecule has 3 heterocycles.